The maximum Gasteiger partial charge on any atom is 0.123 e. The zero-order chi connectivity index (χ0) is 16.9. The SMILES string of the molecule is CC(C)(C)NCCC=C(c1ccc(F)cc1)c1ccc(F)cc1. The molecule has 0 unspecified atom stereocenters. The van der Waals surface area contributed by atoms with Crippen LogP contribution in [0.2, 0.25) is 0 Å². The quantitative estimate of drug-likeness (QED) is 0.750. The van der Waals surface area contributed by atoms with E-state index in [0.717, 1.165) is 29.7 Å². The summed E-state index contributed by atoms with van der Waals surface area (Å²) in [6, 6.07) is 12.8. The van der Waals surface area contributed by atoms with E-state index >= 15 is 0 Å². The van der Waals surface area contributed by atoms with E-state index in [1.165, 1.54) is 24.3 Å². The molecule has 3 heteroatoms. The second-order valence-electron chi connectivity index (χ2n) is 6.60. The van der Waals surface area contributed by atoms with E-state index in [-0.39, 0.29) is 17.2 Å². The zero-order valence-corrected chi connectivity index (χ0v) is 13.9. The van der Waals surface area contributed by atoms with Crippen molar-refractivity contribution in [2.24, 2.45) is 0 Å². The maximum absolute atomic E-state index is 13.2. The lowest BCUT2D eigenvalue weighted by Crippen LogP contribution is -2.36. The van der Waals surface area contributed by atoms with Gasteiger partial charge in [-0.1, -0.05) is 30.3 Å². The Balaban J connectivity index is 2.24. The first kappa shape index (κ1) is 17.4. The summed E-state index contributed by atoms with van der Waals surface area (Å²) in [4.78, 5) is 0. The molecular weight excluding hydrogens is 292 g/mol. The predicted octanol–water partition coefficient (Wildman–Crippen LogP) is 5.17. The van der Waals surface area contributed by atoms with Crippen LogP contribution in [-0.4, -0.2) is 12.1 Å². The second-order valence-corrected chi connectivity index (χ2v) is 6.60. The van der Waals surface area contributed by atoms with Crippen molar-refractivity contribution in [3.8, 4) is 0 Å². The topological polar surface area (TPSA) is 12.0 Å². The highest BCUT2D eigenvalue weighted by molar-refractivity contribution is 5.79. The van der Waals surface area contributed by atoms with Gasteiger partial charge in [-0.25, -0.2) is 8.78 Å². The molecule has 0 aliphatic heterocycles. The third-order valence-corrected chi connectivity index (χ3v) is 3.46. The largest absolute Gasteiger partial charge is 0.312 e. The predicted molar refractivity (Wildman–Crippen MR) is 92.3 cm³/mol. The number of benzene rings is 2. The Hall–Kier alpha value is -2.00. The van der Waals surface area contributed by atoms with Gasteiger partial charge in [0.1, 0.15) is 11.6 Å². The number of hydrogen-bond acceptors (Lipinski definition) is 1. The van der Waals surface area contributed by atoms with Gasteiger partial charge in [-0.3, -0.25) is 0 Å². The van der Waals surface area contributed by atoms with E-state index in [2.05, 4.69) is 32.2 Å². The summed E-state index contributed by atoms with van der Waals surface area (Å²) in [5.74, 6) is -0.525. The van der Waals surface area contributed by atoms with Crippen molar-refractivity contribution < 1.29 is 8.78 Å². The molecule has 0 aliphatic carbocycles. The van der Waals surface area contributed by atoms with Crippen LogP contribution in [0.5, 0.6) is 0 Å². The summed E-state index contributed by atoms with van der Waals surface area (Å²) in [6.45, 7) is 7.21. The standard InChI is InChI=1S/C20H23F2N/c1-20(2,3)23-14-4-5-19(15-6-10-17(21)11-7-15)16-8-12-18(22)13-9-16/h5-13,23H,4,14H2,1-3H3. The Bertz CT molecular complexity index is 602. The molecule has 0 heterocycles. The fourth-order valence-corrected chi connectivity index (χ4v) is 2.32. The lowest BCUT2D eigenvalue weighted by Gasteiger charge is -2.20. The third-order valence-electron chi connectivity index (χ3n) is 3.46. The summed E-state index contributed by atoms with van der Waals surface area (Å²) in [5.41, 5.74) is 2.91. The Kier molecular flexibility index (Phi) is 5.67. The van der Waals surface area contributed by atoms with Gasteiger partial charge in [-0.05, 0) is 74.7 Å². The Labute approximate surface area is 137 Å². The molecule has 23 heavy (non-hydrogen) atoms. The van der Waals surface area contributed by atoms with E-state index in [4.69, 9.17) is 0 Å². The molecule has 0 spiro atoms. The van der Waals surface area contributed by atoms with Gasteiger partial charge in [0.2, 0.25) is 0 Å². The molecule has 122 valence electrons. The van der Waals surface area contributed by atoms with Crippen molar-refractivity contribution in [2.45, 2.75) is 32.7 Å². The van der Waals surface area contributed by atoms with Crippen LogP contribution in [0.15, 0.2) is 54.6 Å². The van der Waals surface area contributed by atoms with Gasteiger partial charge in [-0.15, -0.1) is 0 Å². The fourth-order valence-electron chi connectivity index (χ4n) is 2.32. The second kappa shape index (κ2) is 7.51. The van der Waals surface area contributed by atoms with Gasteiger partial charge < -0.3 is 5.32 Å². The van der Waals surface area contributed by atoms with Crippen LogP contribution in [0.1, 0.15) is 38.3 Å². The van der Waals surface area contributed by atoms with E-state index < -0.39 is 0 Å². The minimum Gasteiger partial charge on any atom is -0.312 e. The van der Waals surface area contributed by atoms with Crippen molar-refractivity contribution in [3.63, 3.8) is 0 Å². The van der Waals surface area contributed by atoms with Gasteiger partial charge in [0, 0.05) is 5.54 Å². The number of nitrogens with one attached hydrogen (secondary N) is 1. The normalized spacial score (nSPS) is 11.3. The van der Waals surface area contributed by atoms with Crippen molar-refractivity contribution >= 4 is 5.57 Å². The summed E-state index contributed by atoms with van der Waals surface area (Å²) < 4.78 is 26.3. The molecule has 0 saturated heterocycles. The third kappa shape index (κ3) is 5.61. The van der Waals surface area contributed by atoms with Gasteiger partial charge >= 0.3 is 0 Å². The highest BCUT2D eigenvalue weighted by atomic mass is 19.1. The molecule has 0 fully saturated rings. The molecule has 1 N–H and O–H groups in total. The molecular formula is C20H23F2N. The molecule has 0 aromatic heterocycles. The fraction of sp³-hybridized carbons (Fsp3) is 0.300. The lowest BCUT2D eigenvalue weighted by molar-refractivity contribution is 0.431. The van der Waals surface area contributed by atoms with Gasteiger partial charge in [0.15, 0.2) is 0 Å². The van der Waals surface area contributed by atoms with Crippen LogP contribution in [-0.2, 0) is 0 Å². The minimum absolute atomic E-state index is 0.0692. The lowest BCUT2D eigenvalue weighted by atomic mass is 9.96. The van der Waals surface area contributed by atoms with Crippen molar-refractivity contribution in [2.75, 3.05) is 6.54 Å². The highest BCUT2D eigenvalue weighted by Crippen LogP contribution is 2.24. The number of halogens is 2. The number of rotatable bonds is 5. The van der Waals surface area contributed by atoms with Crippen LogP contribution in [0.4, 0.5) is 8.78 Å². The molecule has 1 nitrogen and oxygen atoms in total. The first-order chi connectivity index (χ1) is 10.8. The number of hydrogen-bond donors (Lipinski definition) is 1. The van der Waals surface area contributed by atoms with Crippen LogP contribution < -0.4 is 5.32 Å². The minimum atomic E-state index is -0.262. The zero-order valence-electron chi connectivity index (χ0n) is 13.9. The Morgan fingerprint density at radius 2 is 1.30 bits per heavy atom. The average molecular weight is 315 g/mol. The smallest absolute Gasteiger partial charge is 0.123 e. The van der Waals surface area contributed by atoms with Gasteiger partial charge in [0.05, 0.1) is 0 Å². The van der Waals surface area contributed by atoms with Crippen LogP contribution >= 0.6 is 0 Å². The van der Waals surface area contributed by atoms with Crippen LogP contribution in [0.25, 0.3) is 5.57 Å². The average Bonchev–Trinajstić information content (AvgIpc) is 2.49. The molecule has 2 aromatic carbocycles. The van der Waals surface area contributed by atoms with E-state index in [1.54, 1.807) is 24.3 Å². The molecule has 2 rings (SSSR count). The summed E-state index contributed by atoms with van der Waals surface area (Å²) in [6.07, 6.45) is 2.95. The molecule has 0 amide bonds. The summed E-state index contributed by atoms with van der Waals surface area (Å²) in [5, 5.41) is 3.43. The van der Waals surface area contributed by atoms with E-state index in [0.29, 0.717) is 0 Å². The molecule has 2 aromatic rings. The molecule has 0 atom stereocenters. The first-order valence-corrected chi connectivity index (χ1v) is 7.82. The van der Waals surface area contributed by atoms with Crippen LogP contribution in [0, 0.1) is 11.6 Å². The molecule has 0 saturated carbocycles. The summed E-state index contributed by atoms with van der Waals surface area (Å²) in [7, 11) is 0. The van der Waals surface area contributed by atoms with Gasteiger partial charge in [-0.2, -0.15) is 0 Å². The van der Waals surface area contributed by atoms with Crippen LogP contribution in [0.3, 0.4) is 0 Å². The molecule has 0 aliphatic rings. The van der Waals surface area contributed by atoms with Crippen molar-refractivity contribution in [1.29, 1.82) is 0 Å². The van der Waals surface area contributed by atoms with Crippen molar-refractivity contribution in [3.05, 3.63) is 77.4 Å². The first-order valence-electron chi connectivity index (χ1n) is 7.82. The van der Waals surface area contributed by atoms with E-state index in [1.807, 2.05) is 0 Å². The monoisotopic (exact) mass is 315 g/mol. The van der Waals surface area contributed by atoms with Gasteiger partial charge in [0.25, 0.3) is 0 Å². The summed E-state index contributed by atoms with van der Waals surface area (Å²) >= 11 is 0. The molecule has 0 bridgehead atoms. The molecule has 0 radical (unpaired) electrons. The maximum atomic E-state index is 13.2. The Morgan fingerprint density at radius 1 is 0.870 bits per heavy atom. The Morgan fingerprint density at radius 3 is 1.70 bits per heavy atom. The van der Waals surface area contributed by atoms with E-state index in [9.17, 15) is 8.78 Å². The van der Waals surface area contributed by atoms with Crippen molar-refractivity contribution in [1.82, 2.24) is 5.32 Å². The highest BCUT2D eigenvalue weighted by Gasteiger charge is 2.08.